The Morgan fingerprint density at radius 1 is 1.21 bits per heavy atom. The molecule has 2 aliphatic rings. The van der Waals surface area contributed by atoms with Gasteiger partial charge in [-0.1, -0.05) is 0 Å². The zero-order chi connectivity index (χ0) is 10.4. The van der Waals surface area contributed by atoms with E-state index >= 15 is 0 Å². The van der Waals surface area contributed by atoms with Gasteiger partial charge in [0, 0.05) is 27.1 Å². The Labute approximate surface area is 84.1 Å². The molecule has 2 rings (SSSR count). The van der Waals surface area contributed by atoms with Crippen LogP contribution in [0.1, 0.15) is 32.6 Å². The van der Waals surface area contributed by atoms with Gasteiger partial charge in [0.25, 0.3) is 0 Å². The van der Waals surface area contributed by atoms with Crippen molar-refractivity contribution in [2.45, 2.75) is 49.8 Å². The average Bonchev–Trinajstić information content (AvgIpc) is 2.29. The molecule has 0 aromatic heterocycles. The molecule has 2 aliphatic heterocycles. The second-order valence-electron chi connectivity index (χ2n) is 4.53. The van der Waals surface area contributed by atoms with Crippen molar-refractivity contribution in [3.05, 3.63) is 0 Å². The lowest BCUT2D eigenvalue weighted by molar-refractivity contribution is -0.362. The second kappa shape index (κ2) is 2.92. The zero-order valence-electron chi connectivity index (χ0n) is 9.00. The third-order valence-electron chi connectivity index (χ3n) is 3.50. The van der Waals surface area contributed by atoms with E-state index in [1.54, 1.807) is 14.2 Å². The predicted molar refractivity (Wildman–Crippen MR) is 49.7 cm³/mol. The van der Waals surface area contributed by atoms with Gasteiger partial charge in [-0.3, -0.25) is 0 Å². The predicted octanol–water partition coefficient (Wildman–Crippen LogP) is 1.03. The first-order valence-corrected chi connectivity index (χ1v) is 5.02. The van der Waals surface area contributed by atoms with Crippen LogP contribution in [0.3, 0.4) is 0 Å². The van der Waals surface area contributed by atoms with Gasteiger partial charge in [0.05, 0.1) is 5.60 Å². The third kappa shape index (κ3) is 1.15. The van der Waals surface area contributed by atoms with Crippen LogP contribution in [0.2, 0.25) is 0 Å². The fraction of sp³-hybridized carbons (Fsp3) is 1.00. The topological polar surface area (TPSA) is 47.9 Å². The average molecular weight is 202 g/mol. The molecule has 0 aromatic carbocycles. The highest BCUT2D eigenvalue weighted by Crippen LogP contribution is 2.53. The van der Waals surface area contributed by atoms with Crippen molar-refractivity contribution in [2.75, 3.05) is 14.2 Å². The largest absolute Gasteiger partial charge is 0.361 e. The Kier molecular flexibility index (Phi) is 2.16. The number of hydrogen-bond acceptors (Lipinski definition) is 4. The maximum absolute atomic E-state index is 10.3. The standard InChI is InChI=1S/C10H18O4/c1-8-5-4-6-9(11,14-8)10(7-8,12-2)13-3/h11H,4-7H2,1-3H3/t8-,9+/m1/s1. The van der Waals surface area contributed by atoms with Gasteiger partial charge in [0.15, 0.2) is 0 Å². The lowest BCUT2D eigenvalue weighted by Crippen LogP contribution is -2.54. The zero-order valence-corrected chi connectivity index (χ0v) is 9.00. The van der Waals surface area contributed by atoms with Gasteiger partial charge < -0.3 is 19.3 Å². The van der Waals surface area contributed by atoms with Crippen molar-refractivity contribution >= 4 is 0 Å². The third-order valence-corrected chi connectivity index (χ3v) is 3.50. The molecule has 4 heteroatoms. The van der Waals surface area contributed by atoms with E-state index in [9.17, 15) is 5.11 Å². The van der Waals surface area contributed by atoms with Crippen molar-refractivity contribution in [1.82, 2.24) is 0 Å². The van der Waals surface area contributed by atoms with Crippen LogP contribution in [0.5, 0.6) is 0 Å². The van der Waals surface area contributed by atoms with E-state index < -0.39 is 11.6 Å². The van der Waals surface area contributed by atoms with E-state index in [2.05, 4.69) is 0 Å². The van der Waals surface area contributed by atoms with E-state index in [1.165, 1.54) is 0 Å². The lowest BCUT2D eigenvalue weighted by atomic mass is 9.96. The SMILES string of the molecule is COC1(OC)C[C@@]2(C)CCC[C@]1(O)O2. The molecular formula is C10H18O4. The highest BCUT2D eigenvalue weighted by atomic mass is 16.8. The minimum Gasteiger partial charge on any atom is -0.361 e. The molecule has 2 atom stereocenters. The summed E-state index contributed by atoms with van der Waals surface area (Å²) in [6, 6.07) is 0. The molecule has 0 aliphatic carbocycles. The van der Waals surface area contributed by atoms with Crippen LogP contribution in [0.15, 0.2) is 0 Å². The summed E-state index contributed by atoms with van der Waals surface area (Å²) in [4.78, 5) is 0. The molecule has 0 saturated carbocycles. The molecule has 2 fully saturated rings. The van der Waals surface area contributed by atoms with Gasteiger partial charge in [-0.2, -0.15) is 0 Å². The number of hydrogen-bond donors (Lipinski definition) is 1. The van der Waals surface area contributed by atoms with Crippen LogP contribution in [-0.4, -0.2) is 36.5 Å². The van der Waals surface area contributed by atoms with E-state index in [0.717, 1.165) is 12.8 Å². The fourth-order valence-corrected chi connectivity index (χ4v) is 2.78. The molecule has 0 unspecified atom stereocenters. The van der Waals surface area contributed by atoms with Crippen LogP contribution in [-0.2, 0) is 14.2 Å². The van der Waals surface area contributed by atoms with Crippen molar-refractivity contribution in [3.8, 4) is 0 Å². The molecule has 14 heavy (non-hydrogen) atoms. The molecule has 0 radical (unpaired) electrons. The minimum absolute atomic E-state index is 0.307. The minimum atomic E-state index is -1.27. The van der Waals surface area contributed by atoms with E-state index in [-0.39, 0.29) is 5.60 Å². The lowest BCUT2D eigenvalue weighted by Gasteiger charge is -2.39. The Morgan fingerprint density at radius 2 is 1.86 bits per heavy atom. The molecule has 2 bridgehead atoms. The summed E-state index contributed by atoms with van der Waals surface area (Å²) >= 11 is 0. The summed E-state index contributed by atoms with van der Waals surface area (Å²) in [6.07, 6.45) is 3.05. The normalized spacial score (nSPS) is 45.4. The van der Waals surface area contributed by atoms with Gasteiger partial charge in [-0.25, -0.2) is 0 Å². The van der Waals surface area contributed by atoms with Crippen LogP contribution in [0.25, 0.3) is 0 Å². The maximum Gasteiger partial charge on any atom is 0.225 e. The molecular weight excluding hydrogens is 184 g/mol. The Balaban J connectivity index is 2.36. The van der Waals surface area contributed by atoms with E-state index in [0.29, 0.717) is 12.8 Å². The highest BCUT2D eigenvalue weighted by molar-refractivity contribution is 5.05. The van der Waals surface area contributed by atoms with Gasteiger partial charge in [0.1, 0.15) is 0 Å². The molecule has 1 N–H and O–H groups in total. The number of ether oxygens (including phenoxy) is 3. The molecule has 0 spiro atoms. The van der Waals surface area contributed by atoms with Crippen molar-refractivity contribution in [3.63, 3.8) is 0 Å². The first-order chi connectivity index (χ1) is 6.49. The van der Waals surface area contributed by atoms with Crippen LogP contribution in [0, 0.1) is 0 Å². The summed E-state index contributed by atoms with van der Waals surface area (Å²) in [6.45, 7) is 2.00. The van der Waals surface area contributed by atoms with Gasteiger partial charge in [-0.15, -0.1) is 0 Å². The molecule has 2 heterocycles. The summed E-state index contributed by atoms with van der Waals surface area (Å²) in [5, 5.41) is 10.3. The molecule has 0 amide bonds. The van der Waals surface area contributed by atoms with Crippen molar-refractivity contribution in [1.29, 1.82) is 0 Å². The van der Waals surface area contributed by atoms with Crippen LogP contribution >= 0.6 is 0 Å². The maximum atomic E-state index is 10.3. The highest BCUT2D eigenvalue weighted by Gasteiger charge is 2.66. The first kappa shape index (κ1) is 10.4. The van der Waals surface area contributed by atoms with Crippen molar-refractivity contribution in [2.24, 2.45) is 0 Å². The van der Waals surface area contributed by atoms with Gasteiger partial charge in [0.2, 0.25) is 11.6 Å². The quantitative estimate of drug-likeness (QED) is 0.679. The van der Waals surface area contributed by atoms with E-state index in [1.807, 2.05) is 6.92 Å². The van der Waals surface area contributed by atoms with Crippen LogP contribution < -0.4 is 0 Å². The summed E-state index contributed by atoms with van der Waals surface area (Å²) < 4.78 is 16.3. The summed E-state index contributed by atoms with van der Waals surface area (Å²) in [7, 11) is 3.10. The van der Waals surface area contributed by atoms with Gasteiger partial charge in [-0.05, 0) is 19.8 Å². The Morgan fingerprint density at radius 3 is 2.36 bits per heavy atom. The molecule has 2 saturated heterocycles. The first-order valence-electron chi connectivity index (χ1n) is 5.02. The Bertz CT molecular complexity index is 238. The van der Waals surface area contributed by atoms with Crippen LogP contribution in [0.4, 0.5) is 0 Å². The number of rotatable bonds is 2. The Hall–Kier alpha value is -0.160. The van der Waals surface area contributed by atoms with E-state index in [4.69, 9.17) is 14.2 Å². The van der Waals surface area contributed by atoms with Gasteiger partial charge >= 0.3 is 0 Å². The number of aliphatic hydroxyl groups is 1. The second-order valence-corrected chi connectivity index (χ2v) is 4.53. The fourth-order valence-electron chi connectivity index (χ4n) is 2.78. The number of methoxy groups -OCH3 is 2. The smallest absolute Gasteiger partial charge is 0.225 e. The monoisotopic (exact) mass is 202 g/mol. The molecule has 0 aromatic rings. The summed E-state index contributed by atoms with van der Waals surface area (Å²) in [5.41, 5.74) is -0.307. The molecule has 4 nitrogen and oxygen atoms in total. The van der Waals surface area contributed by atoms with Crippen molar-refractivity contribution < 1.29 is 19.3 Å². The summed E-state index contributed by atoms with van der Waals surface area (Å²) in [5.74, 6) is -2.26. The number of fused-ring (bicyclic) bond motifs is 2. The molecule has 82 valence electrons.